The van der Waals surface area contributed by atoms with Gasteiger partial charge in [-0.1, -0.05) is 12.1 Å². The van der Waals surface area contributed by atoms with Crippen molar-refractivity contribution in [2.75, 3.05) is 5.32 Å². The lowest BCUT2D eigenvalue weighted by Crippen LogP contribution is -1.99. The average molecular weight is 405 g/mol. The Morgan fingerprint density at radius 3 is 2.62 bits per heavy atom. The summed E-state index contributed by atoms with van der Waals surface area (Å²) in [6.45, 7) is 1.72. The van der Waals surface area contributed by atoms with Crippen LogP contribution in [0.3, 0.4) is 0 Å². The van der Waals surface area contributed by atoms with Gasteiger partial charge in [0.05, 0.1) is 16.7 Å². The molecule has 0 spiro atoms. The first-order chi connectivity index (χ1) is 14.0. The highest BCUT2D eigenvalue weighted by Crippen LogP contribution is 2.39. The van der Waals surface area contributed by atoms with Crippen LogP contribution in [-0.2, 0) is 0 Å². The van der Waals surface area contributed by atoms with Crippen molar-refractivity contribution >= 4 is 23.0 Å². The molecule has 4 rings (SSSR count). The van der Waals surface area contributed by atoms with E-state index in [0.717, 1.165) is 26.7 Å². The Bertz CT molecular complexity index is 1160. The zero-order valence-corrected chi connectivity index (χ0v) is 16.4. The molecule has 4 N–H and O–H groups in total. The van der Waals surface area contributed by atoms with E-state index in [9.17, 15) is 15.3 Å². The van der Waals surface area contributed by atoms with Crippen molar-refractivity contribution in [3.05, 3.63) is 72.4 Å². The fraction of sp³-hybridized carbons (Fsp3) is 0.0909. The molecule has 6 nitrogen and oxygen atoms in total. The van der Waals surface area contributed by atoms with Crippen molar-refractivity contribution in [3.8, 4) is 32.5 Å². The minimum Gasteiger partial charge on any atom is -0.508 e. The summed E-state index contributed by atoms with van der Waals surface area (Å²) < 4.78 is 0. The summed E-state index contributed by atoms with van der Waals surface area (Å²) in [5.74, 6) is 0.653. The van der Waals surface area contributed by atoms with Gasteiger partial charge in [-0.3, -0.25) is 0 Å². The van der Waals surface area contributed by atoms with E-state index in [1.54, 1.807) is 13.1 Å². The van der Waals surface area contributed by atoms with E-state index in [2.05, 4.69) is 15.3 Å². The second-order valence-corrected chi connectivity index (χ2v) is 7.64. The predicted molar refractivity (Wildman–Crippen MR) is 114 cm³/mol. The molecular formula is C22H19N3O3S. The van der Waals surface area contributed by atoms with Gasteiger partial charge in [0.25, 0.3) is 0 Å². The third-order valence-electron chi connectivity index (χ3n) is 4.38. The lowest BCUT2D eigenvalue weighted by Gasteiger charge is -2.09. The maximum absolute atomic E-state index is 10.1. The first-order valence-corrected chi connectivity index (χ1v) is 9.82. The molecular weight excluding hydrogens is 386 g/mol. The van der Waals surface area contributed by atoms with Gasteiger partial charge in [0.15, 0.2) is 0 Å². The molecule has 0 saturated heterocycles. The van der Waals surface area contributed by atoms with Crippen LogP contribution in [0.15, 0.2) is 66.9 Å². The molecule has 0 radical (unpaired) electrons. The number of aromatic hydroxyl groups is 2. The van der Waals surface area contributed by atoms with Crippen molar-refractivity contribution in [2.24, 2.45) is 0 Å². The number of rotatable bonds is 5. The number of aliphatic hydroxyl groups is 1. The van der Waals surface area contributed by atoms with Gasteiger partial charge >= 0.3 is 0 Å². The van der Waals surface area contributed by atoms with Gasteiger partial charge in [0.1, 0.15) is 11.5 Å². The number of aromatic nitrogens is 2. The molecule has 7 heteroatoms. The van der Waals surface area contributed by atoms with Gasteiger partial charge in [-0.25, -0.2) is 9.97 Å². The Morgan fingerprint density at radius 1 is 0.966 bits per heavy atom. The number of hydrogen-bond donors (Lipinski definition) is 4. The standard InChI is InChI=1S/C22H19N3O3S/c1-13(26)14-3-2-4-15(11-14)24-22-23-10-9-18(25-22)21-8-7-20(29-21)17-12-16(27)5-6-19(17)28/h2-13,26-28H,1H3,(H,23,24,25). The largest absolute Gasteiger partial charge is 0.508 e. The Hall–Kier alpha value is -3.42. The van der Waals surface area contributed by atoms with Crippen LogP contribution in [0.1, 0.15) is 18.6 Å². The van der Waals surface area contributed by atoms with Gasteiger partial charge in [0, 0.05) is 22.3 Å². The van der Waals surface area contributed by atoms with Crippen LogP contribution in [-0.4, -0.2) is 25.3 Å². The molecule has 2 heterocycles. The maximum atomic E-state index is 10.1. The smallest absolute Gasteiger partial charge is 0.227 e. The monoisotopic (exact) mass is 405 g/mol. The van der Waals surface area contributed by atoms with Crippen LogP contribution in [0.25, 0.3) is 21.0 Å². The van der Waals surface area contributed by atoms with Crippen LogP contribution < -0.4 is 5.32 Å². The van der Waals surface area contributed by atoms with Crippen LogP contribution in [0.4, 0.5) is 11.6 Å². The summed E-state index contributed by atoms with van der Waals surface area (Å²) in [7, 11) is 0. The molecule has 0 fully saturated rings. The highest BCUT2D eigenvalue weighted by molar-refractivity contribution is 7.18. The van der Waals surface area contributed by atoms with Crippen LogP contribution >= 0.6 is 11.3 Å². The van der Waals surface area contributed by atoms with E-state index < -0.39 is 6.10 Å². The second kappa shape index (κ2) is 7.90. The molecule has 2 aromatic heterocycles. The van der Waals surface area contributed by atoms with Gasteiger partial charge in [-0.2, -0.15) is 0 Å². The van der Waals surface area contributed by atoms with E-state index in [0.29, 0.717) is 11.5 Å². The molecule has 0 aliphatic carbocycles. The lowest BCUT2D eigenvalue weighted by atomic mass is 10.1. The summed E-state index contributed by atoms with van der Waals surface area (Å²) in [5, 5.41) is 32.7. The van der Waals surface area contributed by atoms with Crippen molar-refractivity contribution in [1.29, 1.82) is 0 Å². The molecule has 0 aliphatic rings. The van der Waals surface area contributed by atoms with Gasteiger partial charge in [-0.15, -0.1) is 11.3 Å². The molecule has 146 valence electrons. The van der Waals surface area contributed by atoms with Crippen molar-refractivity contribution in [3.63, 3.8) is 0 Å². The fourth-order valence-electron chi connectivity index (χ4n) is 2.90. The zero-order chi connectivity index (χ0) is 20.4. The van der Waals surface area contributed by atoms with E-state index in [4.69, 9.17) is 0 Å². The third-order valence-corrected chi connectivity index (χ3v) is 5.53. The second-order valence-electron chi connectivity index (χ2n) is 6.56. The zero-order valence-electron chi connectivity index (χ0n) is 15.6. The van der Waals surface area contributed by atoms with E-state index >= 15 is 0 Å². The number of phenolic OH excluding ortho intramolecular Hbond substituents is 2. The number of anilines is 2. The summed E-state index contributed by atoms with van der Waals surface area (Å²) in [6.07, 6.45) is 1.12. The van der Waals surface area contributed by atoms with E-state index in [1.807, 2.05) is 42.5 Å². The quantitative estimate of drug-likeness (QED) is 0.346. The van der Waals surface area contributed by atoms with Crippen LogP contribution in [0, 0.1) is 0 Å². The Labute approximate surface area is 171 Å². The maximum Gasteiger partial charge on any atom is 0.227 e. The van der Waals surface area contributed by atoms with Gasteiger partial charge < -0.3 is 20.6 Å². The van der Waals surface area contributed by atoms with Gasteiger partial charge in [0.2, 0.25) is 5.95 Å². The number of phenols is 2. The first kappa shape index (κ1) is 18.9. The van der Waals surface area contributed by atoms with E-state index in [1.165, 1.54) is 29.5 Å². The Kier molecular flexibility index (Phi) is 5.16. The molecule has 1 atom stereocenters. The SMILES string of the molecule is CC(O)c1cccc(Nc2nccc(-c3ccc(-c4cc(O)ccc4O)s3)n2)c1. The average Bonchev–Trinajstić information content (AvgIpc) is 3.20. The molecule has 0 saturated carbocycles. The molecule has 4 aromatic rings. The number of thiophene rings is 1. The molecule has 29 heavy (non-hydrogen) atoms. The first-order valence-electron chi connectivity index (χ1n) is 9.00. The van der Waals surface area contributed by atoms with Crippen molar-refractivity contribution < 1.29 is 15.3 Å². The summed E-state index contributed by atoms with van der Waals surface area (Å²) in [5.41, 5.74) is 2.91. The van der Waals surface area contributed by atoms with Gasteiger partial charge in [-0.05, 0) is 61.0 Å². The lowest BCUT2D eigenvalue weighted by molar-refractivity contribution is 0.199. The van der Waals surface area contributed by atoms with Crippen molar-refractivity contribution in [1.82, 2.24) is 9.97 Å². The topological polar surface area (TPSA) is 98.5 Å². The fourth-order valence-corrected chi connectivity index (χ4v) is 3.90. The van der Waals surface area contributed by atoms with Crippen LogP contribution in [0.5, 0.6) is 11.5 Å². The van der Waals surface area contributed by atoms with E-state index in [-0.39, 0.29) is 11.5 Å². The Balaban J connectivity index is 1.60. The summed E-state index contributed by atoms with van der Waals surface area (Å²) in [6, 6.07) is 17.5. The molecule has 0 amide bonds. The summed E-state index contributed by atoms with van der Waals surface area (Å²) in [4.78, 5) is 10.6. The molecule has 1 unspecified atom stereocenters. The molecule has 0 aliphatic heterocycles. The number of hydrogen-bond acceptors (Lipinski definition) is 7. The minimum absolute atomic E-state index is 0.0979. The minimum atomic E-state index is -0.553. The molecule has 0 bridgehead atoms. The third kappa shape index (κ3) is 4.21. The highest BCUT2D eigenvalue weighted by atomic mass is 32.1. The number of nitrogens with zero attached hydrogens (tertiary/aromatic N) is 2. The Morgan fingerprint density at radius 2 is 1.79 bits per heavy atom. The normalized spacial score (nSPS) is 11.9. The van der Waals surface area contributed by atoms with Crippen molar-refractivity contribution in [2.45, 2.75) is 13.0 Å². The molecule has 2 aromatic carbocycles. The van der Waals surface area contributed by atoms with Crippen LogP contribution in [0.2, 0.25) is 0 Å². The number of aliphatic hydroxyl groups excluding tert-OH is 1. The number of benzene rings is 2. The predicted octanol–water partition coefficient (Wildman–Crippen LogP) is 5.08. The number of nitrogens with one attached hydrogen (secondary N) is 1. The highest BCUT2D eigenvalue weighted by Gasteiger charge is 2.11. The summed E-state index contributed by atoms with van der Waals surface area (Å²) >= 11 is 1.46.